The number of rotatable bonds is 10. The van der Waals surface area contributed by atoms with Crippen LogP contribution in [0.1, 0.15) is 27.2 Å². The fraction of sp³-hybridized carbons (Fsp3) is 0.300. The molecule has 0 bridgehead atoms. The Hall–Kier alpha value is -2.49. The minimum Gasteiger partial charge on any atom is -0.338 e. The normalized spacial score (nSPS) is 13.8. The number of hydrogen-bond acceptors (Lipinski definition) is 3. The molecule has 0 saturated heterocycles. The number of allylic oxidation sites excluding steroid dienone is 6. The molecule has 24 heavy (non-hydrogen) atoms. The topological polar surface area (TPSA) is 36.8 Å². The van der Waals surface area contributed by atoms with Crippen LogP contribution >= 0.6 is 0 Å². The molecule has 0 aliphatic carbocycles. The van der Waals surface area contributed by atoms with Crippen LogP contribution in [0.15, 0.2) is 82.5 Å². The summed E-state index contributed by atoms with van der Waals surface area (Å²) in [5.41, 5.74) is 2.37. The average molecular weight is 329 g/mol. The second kappa shape index (κ2) is 12.0. The fourth-order valence-electron chi connectivity index (χ4n) is 1.86. The minimum absolute atomic E-state index is 0.0316. The number of aliphatic imine (C=N–C) groups is 2. The lowest BCUT2D eigenvalue weighted by Crippen LogP contribution is -2.13. The highest BCUT2D eigenvalue weighted by Crippen LogP contribution is 2.16. The van der Waals surface area contributed by atoms with Crippen LogP contribution in [0.3, 0.4) is 0 Å². The van der Waals surface area contributed by atoms with E-state index >= 15 is 0 Å². The summed E-state index contributed by atoms with van der Waals surface area (Å²) in [6.07, 6.45) is 10.4. The van der Waals surface area contributed by atoms with Gasteiger partial charge in [-0.15, -0.1) is 0 Å². The summed E-state index contributed by atoms with van der Waals surface area (Å²) in [5, 5.41) is 2.85. The molecule has 0 saturated carbocycles. The standard InChI is InChI=1S/C20H28FN3/c1-8-19(21)20(23-12-10-9-11-22-7)24-18(6)17(5)14-16(4)13-15(2)3/h8-12,14-15,24H,1,5-6,13H2,2-4,7H3/b10-9-,16-14+,20-19-,22-11-,23-12+. The van der Waals surface area contributed by atoms with Gasteiger partial charge in [-0.05, 0) is 43.1 Å². The zero-order valence-corrected chi connectivity index (χ0v) is 15.1. The molecule has 130 valence electrons. The van der Waals surface area contributed by atoms with Gasteiger partial charge < -0.3 is 5.32 Å². The second-order valence-corrected chi connectivity index (χ2v) is 5.69. The Balaban J connectivity index is 5.08. The lowest BCUT2D eigenvalue weighted by Gasteiger charge is -2.12. The van der Waals surface area contributed by atoms with Crippen LogP contribution in [-0.2, 0) is 0 Å². The van der Waals surface area contributed by atoms with E-state index in [0.717, 1.165) is 12.5 Å². The summed E-state index contributed by atoms with van der Waals surface area (Å²) >= 11 is 0. The van der Waals surface area contributed by atoms with Gasteiger partial charge in [0.25, 0.3) is 0 Å². The van der Waals surface area contributed by atoms with Gasteiger partial charge in [0.2, 0.25) is 0 Å². The van der Waals surface area contributed by atoms with Gasteiger partial charge in [-0.3, -0.25) is 4.99 Å². The first-order chi connectivity index (χ1) is 11.3. The predicted molar refractivity (Wildman–Crippen MR) is 105 cm³/mol. The molecule has 0 heterocycles. The van der Waals surface area contributed by atoms with Crippen LogP contribution in [0.2, 0.25) is 0 Å². The monoisotopic (exact) mass is 329 g/mol. The largest absolute Gasteiger partial charge is 0.338 e. The summed E-state index contributed by atoms with van der Waals surface area (Å²) in [7, 11) is 1.66. The molecule has 1 N–H and O–H groups in total. The van der Waals surface area contributed by atoms with Crippen LogP contribution in [0.4, 0.5) is 4.39 Å². The van der Waals surface area contributed by atoms with Gasteiger partial charge in [-0.1, -0.05) is 45.2 Å². The van der Waals surface area contributed by atoms with E-state index in [0.29, 0.717) is 17.2 Å². The minimum atomic E-state index is -0.569. The molecule has 4 heteroatoms. The molecule has 0 radical (unpaired) electrons. The van der Waals surface area contributed by atoms with E-state index in [-0.39, 0.29) is 5.82 Å². The van der Waals surface area contributed by atoms with Gasteiger partial charge in [-0.25, -0.2) is 9.38 Å². The van der Waals surface area contributed by atoms with Crippen LogP contribution < -0.4 is 5.32 Å². The maximum atomic E-state index is 13.9. The second-order valence-electron chi connectivity index (χ2n) is 5.69. The van der Waals surface area contributed by atoms with E-state index in [1.54, 1.807) is 25.4 Å². The molecule has 0 spiro atoms. The molecule has 0 fully saturated rings. The molecule has 0 atom stereocenters. The number of nitrogens with one attached hydrogen (secondary N) is 1. The van der Waals surface area contributed by atoms with Crippen molar-refractivity contribution in [3.05, 3.63) is 72.5 Å². The van der Waals surface area contributed by atoms with Gasteiger partial charge in [0, 0.05) is 25.2 Å². The lowest BCUT2D eigenvalue weighted by atomic mass is 10.0. The van der Waals surface area contributed by atoms with Crippen molar-refractivity contribution in [3.8, 4) is 0 Å². The third-order valence-electron chi connectivity index (χ3n) is 2.85. The quantitative estimate of drug-likeness (QED) is 0.429. The van der Waals surface area contributed by atoms with Crippen LogP contribution in [0.5, 0.6) is 0 Å². The first-order valence-electron chi connectivity index (χ1n) is 7.77. The van der Waals surface area contributed by atoms with Crippen molar-refractivity contribution in [2.75, 3.05) is 7.05 Å². The van der Waals surface area contributed by atoms with E-state index in [1.165, 1.54) is 11.8 Å². The summed E-state index contributed by atoms with van der Waals surface area (Å²) < 4.78 is 13.9. The zero-order valence-electron chi connectivity index (χ0n) is 15.1. The van der Waals surface area contributed by atoms with Gasteiger partial charge in [0.1, 0.15) is 0 Å². The zero-order chi connectivity index (χ0) is 18.5. The van der Waals surface area contributed by atoms with Crippen molar-refractivity contribution in [2.45, 2.75) is 27.2 Å². The molecular formula is C20H28FN3. The molecule has 0 amide bonds. The maximum absolute atomic E-state index is 13.9. The molecule has 0 aromatic rings. The van der Waals surface area contributed by atoms with Crippen LogP contribution in [0.25, 0.3) is 0 Å². The van der Waals surface area contributed by atoms with E-state index in [9.17, 15) is 4.39 Å². The van der Waals surface area contributed by atoms with Crippen molar-refractivity contribution in [3.63, 3.8) is 0 Å². The van der Waals surface area contributed by atoms with Gasteiger partial charge >= 0.3 is 0 Å². The summed E-state index contributed by atoms with van der Waals surface area (Å²) in [5.74, 6) is 0.0248. The van der Waals surface area contributed by atoms with E-state index in [2.05, 4.69) is 48.9 Å². The molecular weight excluding hydrogens is 301 g/mol. The van der Waals surface area contributed by atoms with Crippen molar-refractivity contribution in [2.24, 2.45) is 15.9 Å². The number of nitrogens with zero attached hydrogens (tertiary/aromatic N) is 2. The highest BCUT2D eigenvalue weighted by molar-refractivity contribution is 5.81. The number of halogens is 1. The molecule has 0 unspecified atom stereocenters. The molecule has 0 rings (SSSR count). The van der Waals surface area contributed by atoms with Crippen molar-refractivity contribution in [1.82, 2.24) is 5.32 Å². The highest BCUT2D eigenvalue weighted by Gasteiger charge is 2.06. The Morgan fingerprint density at radius 2 is 1.83 bits per heavy atom. The Kier molecular flexibility index (Phi) is 10.8. The average Bonchev–Trinajstić information content (AvgIpc) is 2.51. The molecule has 0 aromatic carbocycles. The molecule has 0 aromatic heterocycles. The maximum Gasteiger partial charge on any atom is 0.166 e. The number of hydrogen-bond donors (Lipinski definition) is 1. The van der Waals surface area contributed by atoms with Gasteiger partial charge in [0.05, 0.1) is 0 Å². The summed E-state index contributed by atoms with van der Waals surface area (Å²) in [4.78, 5) is 7.84. The van der Waals surface area contributed by atoms with Crippen LogP contribution in [0, 0.1) is 5.92 Å². The SMILES string of the molecule is C=C\C(F)=C(/N=C/C=C\C=N/C)NC(=C)C(=C)/C=C(\C)CC(C)C. The Bertz CT molecular complexity index is 602. The van der Waals surface area contributed by atoms with Crippen LogP contribution in [-0.4, -0.2) is 19.5 Å². The van der Waals surface area contributed by atoms with E-state index in [1.807, 2.05) is 13.0 Å². The van der Waals surface area contributed by atoms with Crippen molar-refractivity contribution in [1.29, 1.82) is 0 Å². The van der Waals surface area contributed by atoms with Gasteiger partial charge in [0.15, 0.2) is 11.6 Å². The smallest absolute Gasteiger partial charge is 0.166 e. The Labute approximate surface area is 145 Å². The third-order valence-corrected chi connectivity index (χ3v) is 2.85. The van der Waals surface area contributed by atoms with Crippen molar-refractivity contribution >= 4 is 12.4 Å². The van der Waals surface area contributed by atoms with Gasteiger partial charge in [-0.2, -0.15) is 0 Å². The lowest BCUT2D eigenvalue weighted by molar-refractivity contribution is 0.639. The third kappa shape index (κ3) is 9.51. The summed E-state index contributed by atoms with van der Waals surface area (Å²) in [6.45, 7) is 17.6. The fourth-order valence-corrected chi connectivity index (χ4v) is 1.86. The summed E-state index contributed by atoms with van der Waals surface area (Å²) in [6, 6.07) is 0. The van der Waals surface area contributed by atoms with E-state index < -0.39 is 5.83 Å². The molecule has 0 aliphatic heterocycles. The first-order valence-corrected chi connectivity index (χ1v) is 7.77. The van der Waals surface area contributed by atoms with Crippen molar-refractivity contribution < 1.29 is 4.39 Å². The van der Waals surface area contributed by atoms with E-state index in [4.69, 9.17) is 0 Å². The Morgan fingerprint density at radius 1 is 1.21 bits per heavy atom. The molecule has 0 aliphatic rings. The predicted octanol–water partition coefficient (Wildman–Crippen LogP) is 5.29. The highest BCUT2D eigenvalue weighted by atomic mass is 19.1. The Morgan fingerprint density at radius 3 is 2.38 bits per heavy atom. The first kappa shape index (κ1) is 21.5. The molecule has 3 nitrogen and oxygen atoms in total.